The van der Waals surface area contributed by atoms with Crippen LogP contribution in [0.25, 0.3) is 0 Å². The molecule has 1 fully saturated rings. The molecule has 2 unspecified atom stereocenters. The van der Waals surface area contributed by atoms with Crippen LogP contribution in [0.5, 0.6) is 0 Å². The normalized spacial score (nSPS) is 17.1. The second-order valence-corrected chi connectivity index (χ2v) is 7.40. The Morgan fingerprint density at radius 3 is 2.41 bits per heavy atom. The molecule has 0 spiro atoms. The standard InChI is InChI=1S/C23H27N3O3/c1-16-8-6-7-11-20(16)23(29)25-13-12-24-22(28)19-14-21(27)26(15-19)17(2)18-9-4-3-5-10-18/h3-11,17,19H,12-15H2,1-2H3,(H,24,28)(H,25,29). The highest BCUT2D eigenvalue weighted by atomic mass is 16.2. The molecule has 2 aromatic carbocycles. The zero-order valence-electron chi connectivity index (χ0n) is 16.9. The molecule has 6 heteroatoms. The van der Waals surface area contributed by atoms with Crippen LogP contribution in [0.2, 0.25) is 0 Å². The molecule has 0 radical (unpaired) electrons. The van der Waals surface area contributed by atoms with Crippen LogP contribution < -0.4 is 10.6 Å². The van der Waals surface area contributed by atoms with E-state index in [1.54, 1.807) is 11.0 Å². The Labute approximate surface area is 171 Å². The summed E-state index contributed by atoms with van der Waals surface area (Å²) in [6, 6.07) is 17.1. The van der Waals surface area contributed by atoms with Crippen LogP contribution >= 0.6 is 0 Å². The SMILES string of the molecule is Cc1ccccc1C(=O)NCCNC(=O)C1CC(=O)N(C(C)c2ccccc2)C1. The summed E-state index contributed by atoms with van der Waals surface area (Å²) < 4.78 is 0. The van der Waals surface area contributed by atoms with E-state index in [2.05, 4.69) is 10.6 Å². The molecule has 152 valence electrons. The van der Waals surface area contributed by atoms with Crippen LogP contribution in [-0.4, -0.2) is 42.3 Å². The van der Waals surface area contributed by atoms with Crippen molar-refractivity contribution in [1.82, 2.24) is 15.5 Å². The second kappa shape index (κ2) is 9.37. The lowest BCUT2D eigenvalue weighted by molar-refractivity contribution is -0.130. The molecular weight excluding hydrogens is 366 g/mol. The Hall–Kier alpha value is -3.15. The molecule has 3 amide bonds. The van der Waals surface area contributed by atoms with Crippen molar-refractivity contribution in [2.24, 2.45) is 5.92 Å². The Kier molecular flexibility index (Phi) is 6.65. The summed E-state index contributed by atoms with van der Waals surface area (Å²) in [7, 11) is 0. The fourth-order valence-electron chi connectivity index (χ4n) is 3.62. The highest BCUT2D eigenvalue weighted by molar-refractivity contribution is 5.95. The van der Waals surface area contributed by atoms with Crippen LogP contribution in [0, 0.1) is 12.8 Å². The Bertz CT molecular complexity index is 882. The van der Waals surface area contributed by atoms with Crippen molar-refractivity contribution in [2.45, 2.75) is 26.3 Å². The molecule has 1 aliphatic rings. The first kappa shape index (κ1) is 20.6. The number of carbonyl (C=O) groups excluding carboxylic acids is 3. The lowest BCUT2D eigenvalue weighted by Gasteiger charge is -2.25. The Balaban J connectivity index is 1.45. The molecule has 2 atom stereocenters. The van der Waals surface area contributed by atoms with Crippen molar-refractivity contribution in [1.29, 1.82) is 0 Å². The molecule has 2 N–H and O–H groups in total. The number of amides is 3. The zero-order valence-corrected chi connectivity index (χ0v) is 16.9. The molecule has 0 bridgehead atoms. The smallest absolute Gasteiger partial charge is 0.251 e. The lowest BCUT2D eigenvalue weighted by Crippen LogP contribution is -2.38. The van der Waals surface area contributed by atoms with Gasteiger partial charge in [-0.2, -0.15) is 0 Å². The zero-order chi connectivity index (χ0) is 20.8. The van der Waals surface area contributed by atoms with Crippen molar-refractivity contribution >= 4 is 17.7 Å². The van der Waals surface area contributed by atoms with Gasteiger partial charge >= 0.3 is 0 Å². The number of nitrogens with one attached hydrogen (secondary N) is 2. The number of benzene rings is 2. The fraction of sp³-hybridized carbons (Fsp3) is 0.348. The third-order valence-electron chi connectivity index (χ3n) is 5.38. The summed E-state index contributed by atoms with van der Waals surface area (Å²) in [5.41, 5.74) is 2.60. The minimum atomic E-state index is -0.360. The summed E-state index contributed by atoms with van der Waals surface area (Å²) in [5, 5.41) is 5.65. The number of carbonyl (C=O) groups is 3. The van der Waals surface area contributed by atoms with E-state index < -0.39 is 0 Å². The summed E-state index contributed by atoms with van der Waals surface area (Å²) in [6.45, 7) is 4.94. The maximum atomic E-state index is 12.5. The first-order chi connectivity index (χ1) is 14.0. The topological polar surface area (TPSA) is 78.5 Å². The second-order valence-electron chi connectivity index (χ2n) is 7.40. The van der Waals surface area contributed by atoms with Gasteiger partial charge < -0.3 is 15.5 Å². The highest BCUT2D eigenvalue weighted by Crippen LogP contribution is 2.28. The van der Waals surface area contributed by atoms with Gasteiger partial charge in [0.05, 0.1) is 12.0 Å². The largest absolute Gasteiger partial charge is 0.354 e. The van der Waals surface area contributed by atoms with Crippen molar-refractivity contribution < 1.29 is 14.4 Å². The van der Waals surface area contributed by atoms with Crippen LogP contribution in [0.15, 0.2) is 54.6 Å². The summed E-state index contributed by atoms with van der Waals surface area (Å²) in [5.74, 6) is -0.669. The minimum absolute atomic E-state index is 0.00522. The van der Waals surface area contributed by atoms with Crippen molar-refractivity contribution in [3.05, 3.63) is 71.3 Å². The maximum Gasteiger partial charge on any atom is 0.251 e. The van der Waals surface area contributed by atoms with Gasteiger partial charge in [-0.25, -0.2) is 0 Å². The number of hydrogen-bond acceptors (Lipinski definition) is 3. The highest BCUT2D eigenvalue weighted by Gasteiger charge is 2.36. The molecule has 2 aromatic rings. The monoisotopic (exact) mass is 393 g/mol. The van der Waals surface area contributed by atoms with Gasteiger partial charge in [0.15, 0.2) is 0 Å². The van der Waals surface area contributed by atoms with E-state index >= 15 is 0 Å². The molecule has 6 nitrogen and oxygen atoms in total. The molecule has 1 heterocycles. The van der Waals surface area contributed by atoms with E-state index in [0.29, 0.717) is 25.2 Å². The van der Waals surface area contributed by atoms with Crippen molar-refractivity contribution in [3.63, 3.8) is 0 Å². The molecule has 29 heavy (non-hydrogen) atoms. The molecule has 3 rings (SSSR count). The van der Waals surface area contributed by atoms with Gasteiger partial charge in [0.2, 0.25) is 11.8 Å². The summed E-state index contributed by atoms with van der Waals surface area (Å²) >= 11 is 0. The van der Waals surface area contributed by atoms with Gasteiger partial charge in [-0.3, -0.25) is 14.4 Å². The van der Waals surface area contributed by atoms with E-state index in [9.17, 15) is 14.4 Å². The quantitative estimate of drug-likeness (QED) is 0.710. The number of hydrogen-bond donors (Lipinski definition) is 2. The van der Waals surface area contributed by atoms with E-state index in [1.807, 2.05) is 62.4 Å². The molecule has 1 saturated heterocycles. The Morgan fingerprint density at radius 2 is 1.69 bits per heavy atom. The third-order valence-corrected chi connectivity index (χ3v) is 5.38. The van der Waals surface area contributed by atoms with Crippen LogP contribution in [0.3, 0.4) is 0 Å². The van der Waals surface area contributed by atoms with Gasteiger partial charge in [0.25, 0.3) is 5.91 Å². The summed E-state index contributed by atoms with van der Waals surface area (Å²) in [6.07, 6.45) is 0.221. The van der Waals surface area contributed by atoms with Crippen molar-refractivity contribution in [3.8, 4) is 0 Å². The van der Waals surface area contributed by atoms with Gasteiger partial charge in [-0.1, -0.05) is 48.5 Å². The number of rotatable bonds is 7. The predicted octanol–water partition coefficient (Wildman–Crippen LogP) is 2.45. The van der Waals surface area contributed by atoms with E-state index in [4.69, 9.17) is 0 Å². The molecule has 0 aromatic heterocycles. The predicted molar refractivity (Wildman–Crippen MR) is 111 cm³/mol. The van der Waals surface area contributed by atoms with Crippen LogP contribution in [0.1, 0.15) is 40.9 Å². The van der Waals surface area contributed by atoms with Gasteiger partial charge in [-0.05, 0) is 31.0 Å². The van der Waals surface area contributed by atoms with Crippen LogP contribution in [0.4, 0.5) is 0 Å². The van der Waals surface area contributed by atoms with E-state index in [-0.39, 0.29) is 36.1 Å². The molecule has 0 aliphatic carbocycles. The molecule has 0 saturated carbocycles. The summed E-state index contributed by atoms with van der Waals surface area (Å²) in [4.78, 5) is 38.8. The Morgan fingerprint density at radius 1 is 1.03 bits per heavy atom. The molecule has 1 aliphatic heterocycles. The van der Waals surface area contributed by atoms with Crippen LogP contribution in [-0.2, 0) is 9.59 Å². The number of nitrogens with zero attached hydrogens (tertiary/aromatic N) is 1. The average molecular weight is 393 g/mol. The minimum Gasteiger partial charge on any atom is -0.354 e. The average Bonchev–Trinajstić information content (AvgIpc) is 3.13. The van der Waals surface area contributed by atoms with Gasteiger partial charge in [0.1, 0.15) is 0 Å². The number of likely N-dealkylation sites (tertiary alicyclic amines) is 1. The number of aryl methyl sites for hydroxylation is 1. The van der Waals surface area contributed by atoms with Gasteiger partial charge in [-0.15, -0.1) is 0 Å². The van der Waals surface area contributed by atoms with Gasteiger partial charge in [0, 0.05) is 31.6 Å². The first-order valence-corrected chi connectivity index (χ1v) is 9.93. The van der Waals surface area contributed by atoms with E-state index in [0.717, 1.165) is 11.1 Å². The fourth-order valence-corrected chi connectivity index (χ4v) is 3.62. The lowest BCUT2D eigenvalue weighted by atomic mass is 10.1. The maximum absolute atomic E-state index is 12.5. The third kappa shape index (κ3) is 5.02. The van der Waals surface area contributed by atoms with E-state index in [1.165, 1.54) is 0 Å². The van der Waals surface area contributed by atoms with Crippen molar-refractivity contribution in [2.75, 3.05) is 19.6 Å². The molecular formula is C23H27N3O3. The first-order valence-electron chi connectivity index (χ1n) is 9.93.